The molecule has 138 valence electrons. The summed E-state index contributed by atoms with van der Waals surface area (Å²) in [6.07, 6.45) is -3.25. The van der Waals surface area contributed by atoms with Crippen LogP contribution in [0.4, 0.5) is 18.9 Å². The van der Waals surface area contributed by atoms with E-state index in [9.17, 15) is 27.6 Å². The van der Waals surface area contributed by atoms with Crippen molar-refractivity contribution in [1.82, 2.24) is 9.88 Å². The van der Waals surface area contributed by atoms with Gasteiger partial charge in [-0.3, -0.25) is 14.4 Å². The van der Waals surface area contributed by atoms with Gasteiger partial charge in [0.15, 0.2) is 5.78 Å². The van der Waals surface area contributed by atoms with Gasteiger partial charge in [0.1, 0.15) is 5.69 Å². The summed E-state index contributed by atoms with van der Waals surface area (Å²) in [5, 5.41) is 2.16. The fourth-order valence-electron chi connectivity index (χ4n) is 2.24. The van der Waals surface area contributed by atoms with Crippen molar-refractivity contribution in [3.63, 3.8) is 0 Å². The molecule has 0 atom stereocenters. The highest BCUT2D eigenvalue weighted by Crippen LogP contribution is 2.34. The van der Waals surface area contributed by atoms with E-state index in [-0.39, 0.29) is 17.2 Å². The average molecular weight is 367 g/mol. The summed E-state index contributed by atoms with van der Waals surface area (Å²) >= 11 is 0. The molecule has 1 heterocycles. The van der Waals surface area contributed by atoms with Crippen molar-refractivity contribution < 1.29 is 27.6 Å². The molecule has 0 unspecified atom stereocenters. The van der Waals surface area contributed by atoms with Crippen molar-refractivity contribution >= 4 is 23.3 Å². The summed E-state index contributed by atoms with van der Waals surface area (Å²) in [7, 11) is 1.33. The Morgan fingerprint density at radius 1 is 1.19 bits per heavy atom. The topological polar surface area (TPSA) is 82.3 Å². The van der Waals surface area contributed by atoms with Gasteiger partial charge in [0, 0.05) is 18.8 Å². The second-order valence-electron chi connectivity index (χ2n) is 5.61. The van der Waals surface area contributed by atoms with E-state index >= 15 is 0 Å². The van der Waals surface area contributed by atoms with E-state index in [1.165, 1.54) is 38.4 Å². The highest BCUT2D eigenvalue weighted by Gasteiger charge is 2.33. The molecule has 26 heavy (non-hydrogen) atoms. The maximum Gasteiger partial charge on any atom is 0.418 e. The highest BCUT2D eigenvalue weighted by molar-refractivity contribution is 6.01. The Hall–Kier alpha value is -3.10. The minimum atomic E-state index is -4.61. The smallest absolute Gasteiger partial charge is 0.356 e. The molecular weight excluding hydrogens is 351 g/mol. The zero-order chi connectivity index (χ0) is 19.5. The van der Waals surface area contributed by atoms with Crippen LogP contribution in [0.1, 0.15) is 33.3 Å². The fourth-order valence-corrected chi connectivity index (χ4v) is 2.24. The van der Waals surface area contributed by atoms with Crippen molar-refractivity contribution in [2.24, 2.45) is 0 Å². The number of rotatable bonds is 5. The highest BCUT2D eigenvalue weighted by atomic mass is 19.4. The van der Waals surface area contributed by atoms with Crippen LogP contribution < -0.4 is 5.32 Å². The number of likely N-dealkylation sites (N-methyl/N-ethyl adjacent to an activating group) is 1. The van der Waals surface area contributed by atoms with Crippen LogP contribution in [0.15, 0.2) is 36.5 Å². The van der Waals surface area contributed by atoms with Crippen LogP contribution in [-0.4, -0.2) is 41.1 Å². The lowest BCUT2D eigenvalue weighted by molar-refractivity contribution is -0.137. The Morgan fingerprint density at radius 2 is 1.85 bits per heavy atom. The molecule has 2 rings (SSSR count). The van der Waals surface area contributed by atoms with Crippen LogP contribution in [0.2, 0.25) is 0 Å². The van der Waals surface area contributed by atoms with Gasteiger partial charge in [-0.25, -0.2) is 0 Å². The van der Waals surface area contributed by atoms with E-state index in [0.29, 0.717) is 5.56 Å². The molecule has 2 aromatic rings. The second kappa shape index (κ2) is 7.42. The molecule has 9 heteroatoms. The number of carbonyl (C=O) groups excluding carboxylic acids is 3. The van der Waals surface area contributed by atoms with Gasteiger partial charge in [0.25, 0.3) is 5.91 Å². The van der Waals surface area contributed by atoms with Crippen molar-refractivity contribution in [2.75, 3.05) is 18.9 Å². The third-order valence-electron chi connectivity index (χ3n) is 3.55. The summed E-state index contributed by atoms with van der Waals surface area (Å²) in [6.45, 7) is 0.881. The Morgan fingerprint density at radius 3 is 2.42 bits per heavy atom. The standard InChI is InChI=1S/C17H16F3N3O3/c1-10(24)11-7-14(21-8-11)16(26)23(2)9-15(25)22-13-6-4-3-5-12(13)17(18,19)20/h3-8,21H,9H2,1-2H3,(H,22,25). The van der Waals surface area contributed by atoms with Crippen molar-refractivity contribution in [2.45, 2.75) is 13.1 Å². The number of hydrogen-bond acceptors (Lipinski definition) is 3. The minimum absolute atomic E-state index is 0.0983. The van der Waals surface area contributed by atoms with E-state index in [1.807, 2.05) is 0 Å². The van der Waals surface area contributed by atoms with Gasteiger partial charge in [-0.15, -0.1) is 0 Å². The number of para-hydroxylation sites is 1. The number of Topliss-reactive ketones (excluding diaryl/α,β-unsaturated/α-hetero) is 1. The van der Waals surface area contributed by atoms with E-state index in [2.05, 4.69) is 10.3 Å². The van der Waals surface area contributed by atoms with E-state index < -0.39 is 30.1 Å². The molecule has 1 aromatic carbocycles. The number of aromatic nitrogens is 1. The molecule has 0 aliphatic rings. The number of ketones is 1. The Labute approximate surface area is 147 Å². The van der Waals surface area contributed by atoms with Crippen molar-refractivity contribution in [1.29, 1.82) is 0 Å². The van der Waals surface area contributed by atoms with Crippen LogP contribution in [-0.2, 0) is 11.0 Å². The monoisotopic (exact) mass is 367 g/mol. The number of alkyl halides is 3. The second-order valence-corrected chi connectivity index (χ2v) is 5.61. The first kappa shape index (κ1) is 19.2. The molecule has 0 radical (unpaired) electrons. The first-order valence-corrected chi connectivity index (χ1v) is 7.50. The van der Waals surface area contributed by atoms with E-state index in [4.69, 9.17) is 0 Å². The Kier molecular flexibility index (Phi) is 5.49. The van der Waals surface area contributed by atoms with E-state index in [0.717, 1.165) is 17.0 Å². The SMILES string of the molecule is CC(=O)c1c[nH]c(C(=O)N(C)CC(=O)Nc2ccccc2C(F)(F)F)c1. The summed E-state index contributed by atoms with van der Waals surface area (Å²) < 4.78 is 38.8. The lowest BCUT2D eigenvalue weighted by atomic mass is 10.1. The number of nitrogens with one attached hydrogen (secondary N) is 2. The van der Waals surface area contributed by atoms with Gasteiger partial charge in [-0.2, -0.15) is 13.2 Å². The summed E-state index contributed by atoms with van der Waals surface area (Å²) in [5.41, 5.74) is -0.950. The number of halogens is 3. The zero-order valence-corrected chi connectivity index (χ0v) is 14.0. The molecule has 6 nitrogen and oxygen atoms in total. The summed E-state index contributed by atoms with van der Waals surface area (Å²) in [6, 6.07) is 5.91. The number of carbonyl (C=O) groups is 3. The molecule has 2 amide bonds. The maximum absolute atomic E-state index is 12.9. The number of benzene rings is 1. The number of amides is 2. The first-order valence-electron chi connectivity index (χ1n) is 7.50. The van der Waals surface area contributed by atoms with Gasteiger partial charge in [0.05, 0.1) is 17.8 Å². The summed E-state index contributed by atoms with van der Waals surface area (Å²) in [5.74, 6) is -1.59. The molecule has 0 saturated heterocycles. The van der Waals surface area contributed by atoms with Crippen LogP contribution in [0.25, 0.3) is 0 Å². The lowest BCUT2D eigenvalue weighted by Crippen LogP contribution is -2.35. The number of hydrogen-bond donors (Lipinski definition) is 2. The number of H-pyrrole nitrogens is 1. The maximum atomic E-state index is 12.9. The Bertz CT molecular complexity index is 843. The quantitative estimate of drug-likeness (QED) is 0.797. The van der Waals surface area contributed by atoms with Crippen LogP contribution >= 0.6 is 0 Å². The average Bonchev–Trinajstić information content (AvgIpc) is 3.03. The summed E-state index contributed by atoms with van der Waals surface area (Å²) in [4.78, 5) is 39.1. The van der Waals surface area contributed by atoms with Crippen LogP contribution in [0.3, 0.4) is 0 Å². The van der Waals surface area contributed by atoms with Gasteiger partial charge < -0.3 is 15.2 Å². The van der Waals surface area contributed by atoms with Crippen LogP contribution in [0, 0.1) is 0 Å². The normalized spacial score (nSPS) is 11.1. The number of nitrogens with zero attached hydrogens (tertiary/aromatic N) is 1. The van der Waals surface area contributed by atoms with Gasteiger partial charge in [0.2, 0.25) is 5.91 Å². The molecule has 0 aliphatic carbocycles. The third kappa shape index (κ3) is 4.50. The number of aromatic amines is 1. The molecule has 0 aliphatic heterocycles. The predicted octanol–water partition coefficient (Wildman–Crippen LogP) is 2.95. The van der Waals surface area contributed by atoms with Crippen molar-refractivity contribution in [3.8, 4) is 0 Å². The van der Waals surface area contributed by atoms with E-state index in [1.54, 1.807) is 0 Å². The Balaban J connectivity index is 2.05. The lowest BCUT2D eigenvalue weighted by Gasteiger charge is -2.17. The van der Waals surface area contributed by atoms with Crippen LogP contribution in [0.5, 0.6) is 0 Å². The third-order valence-corrected chi connectivity index (χ3v) is 3.55. The predicted molar refractivity (Wildman–Crippen MR) is 87.8 cm³/mol. The molecule has 0 saturated carbocycles. The molecule has 0 fully saturated rings. The van der Waals surface area contributed by atoms with Gasteiger partial charge in [-0.05, 0) is 25.1 Å². The fraction of sp³-hybridized carbons (Fsp3) is 0.235. The first-order chi connectivity index (χ1) is 12.1. The van der Waals surface area contributed by atoms with Gasteiger partial charge >= 0.3 is 6.18 Å². The van der Waals surface area contributed by atoms with Crippen molar-refractivity contribution in [3.05, 3.63) is 53.3 Å². The largest absolute Gasteiger partial charge is 0.418 e. The molecule has 0 spiro atoms. The molecule has 0 bridgehead atoms. The molecular formula is C17H16F3N3O3. The number of anilines is 1. The van der Waals surface area contributed by atoms with Gasteiger partial charge in [-0.1, -0.05) is 12.1 Å². The molecule has 1 aromatic heterocycles. The zero-order valence-electron chi connectivity index (χ0n) is 14.0. The minimum Gasteiger partial charge on any atom is -0.356 e. The molecule has 2 N–H and O–H groups in total.